The zero-order valence-electron chi connectivity index (χ0n) is 9.62. The fourth-order valence-electron chi connectivity index (χ4n) is 1.91. The molecule has 1 heterocycles. The number of halogens is 2. The van der Waals surface area contributed by atoms with Crippen molar-refractivity contribution in [2.45, 2.75) is 18.1 Å². The molecule has 0 aromatic heterocycles. The molecule has 0 saturated carbocycles. The maximum absolute atomic E-state index is 13.0. The highest BCUT2D eigenvalue weighted by Gasteiger charge is 2.27. The van der Waals surface area contributed by atoms with Gasteiger partial charge in [0.1, 0.15) is 0 Å². The lowest BCUT2D eigenvalue weighted by atomic mass is 10.2. The van der Waals surface area contributed by atoms with Gasteiger partial charge in [-0.05, 0) is 38.1 Å². The normalized spacial score (nSPS) is 17.7. The molecule has 0 spiro atoms. The summed E-state index contributed by atoms with van der Waals surface area (Å²) in [5.41, 5.74) is 0.0485. The minimum absolute atomic E-state index is 0.0485. The van der Waals surface area contributed by atoms with Crippen molar-refractivity contribution in [2.24, 2.45) is 0 Å². The molecule has 1 aromatic rings. The zero-order chi connectivity index (χ0) is 13.2. The molecule has 18 heavy (non-hydrogen) atoms. The first-order valence-corrected chi connectivity index (χ1v) is 7.21. The molecule has 2 rings (SSSR count). The molecule has 1 fully saturated rings. The van der Waals surface area contributed by atoms with E-state index in [9.17, 15) is 17.2 Å². The highest BCUT2D eigenvalue weighted by atomic mass is 32.2. The molecule has 1 aliphatic rings. The first kappa shape index (κ1) is 13.2. The summed E-state index contributed by atoms with van der Waals surface area (Å²) in [5, 5.41) is 2.57. The highest BCUT2D eigenvalue weighted by Crippen LogP contribution is 2.19. The van der Waals surface area contributed by atoms with Crippen molar-refractivity contribution in [3.63, 3.8) is 0 Å². The van der Waals surface area contributed by atoms with Gasteiger partial charge in [-0.1, -0.05) is 0 Å². The predicted octanol–water partition coefficient (Wildman–Crippen LogP) is 1.46. The number of anilines is 1. The van der Waals surface area contributed by atoms with Crippen LogP contribution < -0.4 is 10.0 Å². The fraction of sp³-hybridized carbons (Fsp3) is 0.455. The number of benzene rings is 1. The van der Waals surface area contributed by atoms with Crippen molar-refractivity contribution in [1.29, 1.82) is 0 Å². The number of nitrogens with one attached hydrogen (secondary N) is 2. The quantitative estimate of drug-likeness (QED) is 0.878. The molecule has 1 aromatic carbocycles. The van der Waals surface area contributed by atoms with Gasteiger partial charge in [0.05, 0.1) is 10.9 Å². The second-order valence-electron chi connectivity index (χ2n) is 4.23. The Bertz CT molecular complexity index is 528. The smallest absolute Gasteiger partial charge is 0.235 e. The molecule has 0 aliphatic carbocycles. The Morgan fingerprint density at radius 2 is 1.83 bits per heavy atom. The van der Waals surface area contributed by atoms with Crippen molar-refractivity contribution in [3.05, 3.63) is 29.8 Å². The molecule has 0 unspecified atom stereocenters. The van der Waals surface area contributed by atoms with E-state index in [0.29, 0.717) is 25.9 Å². The van der Waals surface area contributed by atoms with Crippen molar-refractivity contribution in [3.8, 4) is 0 Å². The Morgan fingerprint density at radius 1 is 1.17 bits per heavy atom. The molecule has 0 atom stereocenters. The molecule has 0 amide bonds. The van der Waals surface area contributed by atoms with Gasteiger partial charge in [0.25, 0.3) is 0 Å². The largest absolute Gasteiger partial charge is 0.317 e. The van der Waals surface area contributed by atoms with Crippen LogP contribution in [-0.4, -0.2) is 26.8 Å². The van der Waals surface area contributed by atoms with Crippen LogP contribution >= 0.6 is 0 Å². The minimum Gasteiger partial charge on any atom is -0.317 e. The molecular weight excluding hydrogens is 262 g/mol. The average molecular weight is 276 g/mol. The maximum atomic E-state index is 13.0. The van der Waals surface area contributed by atoms with Gasteiger partial charge in [-0.2, -0.15) is 0 Å². The highest BCUT2D eigenvalue weighted by molar-refractivity contribution is 7.93. The Labute approximate surface area is 104 Å². The van der Waals surface area contributed by atoms with Crippen LogP contribution in [0.1, 0.15) is 12.8 Å². The van der Waals surface area contributed by atoms with Crippen LogP contribution in [0.15, 0.2) is 18.2 Å². The van der Waals surface area contributed by atoms with Gasteiger partial charge in [-0.25, -0.2) is 17.2 Å². The van der Waals surface area contributed by atoms with E-state index in [0.717, 1.165) is 12.1 Å². The van der Waals surface area contributed by atoms with Crippen LogP contribution in [0.25, 0.3) is 0 Å². The molecule has 1 aliphatic heterocycles. The van der Waals surface area contributed by atoms with Crippen LogP contribution in [0.5, 0.6) is 0 Å². The average Bonchev–Trinajstić information content (AvgIpc) is 2.35. The second-order valence-corrected chi connectivity index (χ2v) is 6.19. The summed E-state index contributed by atoms with van der Waals surface area (Å²) in [6.45, 7) is 1.28. The molecule has 2 N–H and O–H groups in total. The molecule has 0 bridgehead atoms. The predicted molar refractivity (Wildman–Crippen MR) is 64.8 cm³/mol. The Kier molecular flexibility index (Phi) is 3.82. The van der Waals surface area contributed by atoms with Gasteiger partial charge < -0.3 is 5.32 Å². The number of piperidine rings is 1. The minimum atomic E-state index is -3.55. The van der Waals surface area contributed by atoms with Crippen LogP contribution in [0.3, 0.4) is 0 Å². The Balaban J connectivity index is 2.13. The third-order valence-corrected chi connectivity index (χ3v) is 4.77. The Hall–Kier alpha value is -1.21. The van der Waals surface area contributed by atoms with E-state index in [1.54, 1.807) is 0 Å². The van der Waals surface area contributed by atoms with E-state index in [2.05, 4.69) is 10.0 Å². The lowest BCUT2D eigenvalue weighted by Gasteiger charge is -2.23. The second kappa shape index (κ2) is 5.19. The van der Waals surface area contributed by atoms with E-state index >= 15 is 0 Å². The first-order valence-electron chi connectivity index (χ1n) is 5.66. The van der Waals surface area contributed by atoms with Crippen molar-refractivity contribution < 1.29 is 17.2 Å². The monoisotopic (exact) mass is 276 g/mol. The Morgan fingerprint density at radius 3 is 2.44 bits per heavy atom. The molecule has 4 nitrogen and oxygen atoms in total. The summed E-state index contributed by atoms with van der Waals surface area (Å²) in [4.78, 5) is 0. The standard InChI is InChI=1S/C11H14F2N2O2S/c12-10-2-1-8(7-11(10)13)15-18(16,17)9-3-5-14-6-4-9/h1-2,7,9,14-15H,3-6H2. The third-order valence-electron chi connectivity index (χ3n) is 2.90. The summed E-state index contributed by atoms with van der Waals surface area (Å²) in [7, 11) is -3.55. The van der Waals surface area contributed by atoms with Gasteiger partial charge in [-0.15, -0.1) is 0 Å². The number of rotatable bonds is 3. The van der Waals surface area contributed by atoms with E-state index in [4.69, 9.17) is 0 Å². The van der Waals surface area contributed by atoms with E-state index in [1.807, 2.05) is 0 Å². The van der Waals surface area contributed by atoms with E-state index in [-0.39, 0.29) is 5.69 Å². The summed E-state index contributed by atoms with van der Waals surface area (Å²) < 4.78 is 52.0. The molecule has 7 heteroatoms. The van der Waals surface area contributed by atoms with Crippen molar-refractivity contribution in [2.75, 3.05) is 17.8 Å². The van der Waals surface area contributed by atoms with Crippen LogP contribution in [0.4, 0.5) is 14.5 Å². The van der Waals surface area contributed by atoms with Gasteiger partial charge in [-0.3, -0.25) is 4.72 Å². The van der Waals surface area contributed by atoms with Gasteiger partial charge >= 0.3 is 0 Å². The number of hydrogen-bond acceptors (Lipinski definition) is 3. The summed E-state index contributed by atoms with van der Waals surface area (Å²) in [6.07, 6.45) is 1.03. The molecule has 1 saturated heterocycles. The molecule has 100 valence electrons. The lowest BCUT2D eigenvalue weighted by Crippen LogP contribution is -2.38. The number of sulfonamides is 1. The first-order chi connectivity index (χ1) is 8.49. The van der Waals surface area contributed by atoms with E-state index < -0.39 is 26.9 Å². The SMILES string of the molecule is O=S(=O)(Nc1ccc(F)c(F)c1)C1CCNCC1. The lowest BCUT2D eigenvalue weighted by molar-refractivity contribution is 0.498. The molecule has 0 radical (unpaired) electrons. The van der Waals surface area contributed by atoms with Gasteiger partial charge in [0.15, 0.2) is 11.6 Å². The summed E-state index contributed by atoms with van der Waals surface area (Å²) >= 11 is 0. The van der Waals surface area contributed by atoms with Crippen LogP contribution in [0.2, 0.25) is 0 Å². The maximum Gasteiger partial charge on any atom is 0.235 e. The van der Waals surface area contributed by atoms with Crippen molar-refractivity contribution >= 4 is 15.7 Å². The molecular formula is C11H14F2N2O2S. The fourth-order valence-corrected chi connectivity index (χ4v) is 3.39. The van der Waals surface area contributed by atoms with Crippen molar-refractivity contribution in [1.82, 2.24) is 5.32 Å². The van der Waals surface area contributed by atoms with Gasteiger partial charge in [0, 0.05) is 6.07 Å². The summed E-state index contributed by atoms with van der Waals surface area (Å²) in [5.74, 6) is -2.07. The third kappa shape index (κ3) is 2.97. The zero-order valence-corrected chi connectivity index (χ0v) is 10.4. The summed E-state index contributed by atoms with van der Waals surface area (Å²) in [6, 6.07) is 2.95. The van der Waals surface area contributed by atoms with Crippen LogP contribution in [0, 0.1) is 11.6 Å². The van der Waals surface area contributed by atoms with Crippen LogP contribution in [-0.2, 0) is 10.0 Å². The topological polar surface area (TPSA) is 58.2 Å². The number of hydrogen-bond donors (Lipinski definition) is 2. The van der Waals surface area contributed by atoms with Gasteiger partial charge in [0.2, 0.25) is 10.0 Å². The van der Waals surface area contributed by atoms with E-state index in [1.165, 1.54) is 6.07 Å².